The molecule has 0 bridgehead atoms. The molecule has 4 aromatic carbocycles. The fraction of sp³-hybridized carbons (Fsp3) is 0.250. The monoisotopic (exact) mass is 479 g/mol. The van der Waals surface area contributed by atoms with Crippen LogP contribution in [0.3, 0.4) is 0 Å². The molecule has 35 heavy (non-hydrogen) atoms. The van der Waals surface area contributed by atoms with E-state index >= 15 is 0 Å². The molecule has 2 nitrogen and oxygen atoms in total. The molecular formula is C32H37NOSi. The summed E-state index contributed by atoms with van der Waals surface area (Å²) >= 11 is 0. The molecule has 0 heterocycles. The van der Waals surface area contributed by atoms with Crippen LogP contribution in [0.15, 0.2) is 121 Å². The van der Waals surface area contributed by atoms with Gasteiger partial charge in [-0.2, -0.15) is 0 Å². The van der Waals surface area contributed by atoms with Gasteiger partial charge in [0, 0.05) is 12.6 Å². The maximum absolute atomic E-state index is 7.27. The van der Waals surface area contributed by atoms with Gasteiger partial charge < -0.3 is 9.74 Å². The van der Waals surface area contributed by atoms with Crippen LogP contribution in [-0.2, 0) is 17.4 Å². The lowest BCUT2D eigenvalue weighted by atomic mass is 10.1. The van der Waals surface area contributed by atoms with E-state index in [4.69, 9.17) is 4.43 Å². The lowest BCUT2D eigenvalue weighted by Crippen LogP contribution is -2.67. The second-order valence-electron chi connectivity index (χ2n) is 10.2. The molecule has 0 spiro atoms. The van der Waals surface area contributed by atoms with E-state index in [1.807, 2.05) is 0 Å². The lowest BCUT2D eigenvalue weighted by molar-refractivity contribution is 0.247. The molecular weight excluding hydrogens is 442 g/mol. The van der Waals surface area contributed by atoms with E-state index in [-0.39, 0.29) is 11.1 Å². The third-order valence-corrected chi connectivity index (χ3v) is 11.7. The largest absolute Gasteiger partial charge is 0.406 e. The first-order valence-corrected chi connectivity index (χ1v) is 14.5. The SMILES string of the molecule is CC(C)(C)[Si](OC[C@H](Cc1ccccc1)NCc1ccccc1)(c1ccccc1)c1ccccc1. The van der Waals surface area contributed by atoms with Crippen LogP contribution < -0.4 is 15.7 Å². The zero-order chi connectivity index (χ0) is 24.6. The Morgan fingerprint density at radius 1 is 0.629 bits per heavy atom. The molecule has 0 fully saturated rings. The van der Waals surface area contributed by atoms with E-state index in [2.05, 4.69) is 147 Å². The highest BCUT2D eigenvalue weighted by molar-refractivity contribution is 6.99. The minimum absolute atomic E-state index is 0.0353. The van der Waals surface area contributed by atoms with Gasteiger partial charge in [0.25, 0.3) is 8.32 Å². The Balaban J connectivity index is 1.66. The van der Waals surface area contributed by atoms with Gasteiger partial charge in [0.05, 0.1) is 6.61 Å². The molecule has 1 N–H and O–H groups in total. The standard InChI is InChI=1S/C32H37NOSi/c1-32(2,3)35(30-20-12-6-13-21-30,31-22-14-7-15-23-31)34-26-29(24-27-16-8-4-9-17-27)33-25-28-18-10-5-11-19-28/h4-23,29,33H,24-26H2,1-3H3/t29-/m0/s1. The van der Waals surface area contributed by atoms with Crippen LogP contribution in [0, 0.1) is 0 Å². The minimum Gasteiger partial charge on any atom is -0.406 e. The van der Waals surface area contributed by atoms with E-state index in [0.29, 0.717) is 6.61 Å². The van der Waals surface area contributed by atoms with E-state index in [9.17, 15) is 0 Å². The molecule has 1 atom stereocenters. The Bertz CT molecular complexity index is 1100. The Morgan fingerprint density at radius 3 is 1.51 bits per heavy atom. The first-order valence-electron chi connectivity index (χ1n) is 12.6. The van der Waals surface area contributed by atoms with Gasteiger partial charge in [-0.25, -0.2) is 0 Å². The highest BCUT2D eigenvalue weighted by atomic mass is 28.4. The van der Waals surface area contributed by atoms with Crippen molar-refractivity contribution in [2.75, 3.05) is 6.61 Å². The molecule has 0 unspecified atom stereocenters. The topological polar surface area (TPSA) is 21.3 Å². The van der Waals surface area contributed by atoms with Gasteiger partial charge in [-0.1, -0.05) is 142 Å². The molecule has 180 valence electrons. The number of nitrogens with one attached hydrogen (secondary N) is 1. The maximum atomic E-state index is 7.27. The van der Waals surface area contributed by atoms with Gasteiger partial charge in [-0.15, -0.1) is 0 Å². The number of hydrogen-bond donors (Lipinski definition) is 1. The van der Waals surface area contributed by atoms with Gasteiger partial charge >= 0.3 is 0 Å². The number of hydrogen-bond acceptors (Lipinski definition) is 2. The highest BCUT2D eigenvalue weighted by Gasteiger charge is 2.50. The van der Waals surface area contributed by atoms with E-state index in [0.717, 1.165) is 13.0 Å². The predicted octanol–water partition coefficient (Wildman–Crippen LogP) is 5.96. The van der Waals surface area contributed by atoms with Gasteiger partial charge in [-0.3, -0.25) is 0 Å². The molecule has 0 aliphatic carbocycles. The van der Waals surface area contributed by atoms with Gasteiger partial charge in [0.1, 0.15) is 0 Å². The summed E-state index contributed by atoms with van der Waals surface area (Å²) in [6, 6.07) is 43.3. The summed E-state index contributed by atoms with van der Waals surface area (Å²) in [4.78, 5) is 0. The van der Waals surface area contributed by atoms with Crippen LogP contribution >= 0.6 is 0 Å². The third-order valence-electron chi connectivity index (χ3n) is 6.68. The van der Waals surface area contributed by atoms with Crippen LogP contribution in [0.2, 0.25) is 5.04 Å². The maximum Gasteiger partial charge on any atom is 0.261 e. The molecule has 0 amide bonds. The highest BCUT2D eigenvalue weighted by Crippen LogP contribution is 2.36. The summed E-state index contributed by atoms with van der Waals surface area (Å²) in [5.41, 5.74) is 2.61. The van der Waals surface area contributed by atoms with Crippen molar-refractivity contribution in [2.24, 2.45) is 0 Å². The molecule has 0 saturated heterocycles. The van der Waals surface area contributed by atoms with Crippen molar-refractivity contribution in [3.8, 4) is 0 Å². The Labute approximate surface area is 212 Å². The number of benzene rings is 4. The number of rotatable bonds is 10. The normalized spacial score (nSPS) is 12.9. The van der Waals surface area contributed by atoms with Crippen LogP contribution in [0.1, 0.15) is 31.9 Å². The van der Waals surface area contributed by atoms with Crippen LogP contribution in [0.25, 0.3) is 0 Å². The second-order valence-corrected chi connectivity index (χ2v) is 14.5. The van der Waals surface area contributed by atoms with Crippen LogP contribution in [0.5, 0.6) is 0 Å². The molecule has 0 aromatic heterocycles. The van der Waals surface area contributed by atoms with Gasteiger partial charge in [-0.05, 0) is 33.0 Å². The summed E-state index contributed by atoms with van der Waals surface area (Å²) in [5.74, 6) is 0. The first-order chi connectivity index (χ1) is 17.0. The fourth-order valence-electron chi connectivity index (χ4n) is 4.93. The predicted molar refractivity (Wildman–Crippen MR) is 151 cm³/mol. The first kappa shape index (κ1) is 25.1. The molecule has 4 aromatic rings. The van der Waals surface area contributed by atoms with Crippen molar-refractivity contribution in [1.29, 1.82) is 0 Å². The van der Waals surface area contributed by atoms with Gasteiger partial charge in [0.15, 0.2) is 0 Å². The second kappa shape index (κ2) is 11.6. The van der Waals surface area contributed by atoms with Crippen molar-refractivity contribution in [1.82, 2.24) is 5.32 Å². The van der Waals surface area contributed by atoms with Crippen LogP contribution in [-0.4, -0.2) is 21.0 Å². The smallest absolute Gasteiger partial charge is 0.261 e. The van der Waals surface area contributed by atoms with Crippen molar-refractivity contribution in [2.45, 2.75) is 44.8 Å². The van der Waals surface area contributed by atoms with Crippen LogP contribution in [0.4, 0.5) is 0 Å². The zero-order valence-electron chi connectivity index (χ0n) is 21.2. The quantitative estimate of drug-likeness (QED) is 0.283. The molecule has 3 heteroatoms. The summed E-state index contributed by atoms with van der Waals surface area (Å²) in [6.45, 7) is 8.48. The minimum atomic E-state index is -2.58. The molecule has 0 saturated carbocycles. The Morgan fingerprint density at radius 2 is 1.06 bits per heavy atom. The Hall–Kier alpha value is -2.98. The summed E-state index contributed by atoms with van der Waals surface area (Å²) in [5, 5.41) is 6.41. The molecule has 0 aliphatic rings. The van der Waals surface area contributed by atoms with E-state index < -0.39 is 8.32 Å². The van der Waals surface area contributed by atoms with Gasteiger partial charge in [0.2, 0.25) is 0 Å². The fourth-order valence-corrected chi connectivity index (χ4v) is 9.54. The third kappa shape index (κ3) is 6.18. The van der Waals surface area contributed by atoms with Crippen molar-refractivity contribution >= 4 is 18.7 Å². The van der Waals surface area contributed by atoms with E-state index in [1.54, 1.807) is 0 Å². The van der Waals surface area contributed by atoms with Crippen molar-refractivity contribution in [3.63, 3.8) is 0 Å². The van der Waals surface area contributed by atoms with E-state index in [1.165, 1.54) is 21.5 Å². The summed E-state index contributed by atoms with van der Waals surface area (Å²) < 4.78 is 7.27. The zero-order valence-corrected chi connectivity index (χ0v) is 22.2. The average molecular weight is 480 g/mol. The Kier molecular flexibility index (Phi) is 8.35. The summed E-state index contributed by atoms with van der Waals surface area (Å²) in [6.07, 6.45) is 0.922. The molecule has 0 aliphatic heterocycles. The molecule has 4 rings (SSSR count). The lowest BCUT2D eigenvalue weighted by Gasteiger charge is -2.43. The summed E-state index contributed by atoms with van der Waals surface area (Å²) in [7, 11) is -2.58. The molecule has 0 radical (unpaired) electrons. The van der Waals surface area contributed by atoms with Crippen molar-refractivity contribution in [3.05, 3.63) is 132 Å². The van der Waals surface area contributed by atoms with Crippen molar-refractivity contribution < 1.29 is 4.43 Å². The average Bonchev–Trinajstić information content (AvgIpc) is 2.89.